The van der Waals surface area contributed by atoms with Crippen molar-refractivity contribution < 1.29 is 9.18 Å². The smallest absolute Gasteiger partial charge is 0.255 e. The molecule has 6 nitrogen and oxygen atoms in total. The number of anilines is 1. The summed E-state index contributed by atoms with van der Waals surface area (Å²) in [5.41, 5.74) is 2.11. The van der Waals surface area contributed by atoms with E-state index in [9.17, 15) is 9.18 Å². The molecule has 0 aliphatic rings. The van der Waals surface area contributed by atoms with Crippen LogP contribution in [0.4, 0.5) is 10.1 Å². The quantitative estimate of drug-likeness (QED) is 0.400. The predicted octanol–water partition coefficient (Wildman–Crippen LogP) is 5.31. The van der Waals surface area contributed by atoms with Gasteiger partial charge < -0.3 is 5.32 Å². The van der Waals surface area contributed by atoms with Crippen LogP contribution < -0.4 is 5.32 Å². The molecule has 1 heterocycles. The molecule has 4 rings (SSSR count). The Morgan fingerprint density at radius 3 is 2.52 bits per heavy atom. The Hall–Kier alpha value is -3.23. The van der Waals surface area contributed by atoms with E-state index < -0.39 is 11.7 Å². The molecule has 1 N–H and O–H groups in total. The van der Waals surface area contributed by atoms with Gasteiger partial charge in [0.05, 0.1) is 11.4 Å². The highest BCUT2D eigenvalue weighted by Gasteiger charge is 2.12. The summed E-state index contributed by atoms with van der Waals surface area (Å²) in [6, 6.07) is 19.2. The second kappa shape index (κ2) is 9.28. The minimum atomic E-state index is -0.543. The minimum Gasteiger partial charge on any atom is -0.319 e. The second-order valence-electron chi connectivity index (χ2n) is 6.70. The monoisotopic (exact) mass is 453 g/mol. The number of hydrogen-bond acceptors (Lipinski definition) is 5. The number of thioether (sulfide) groups is 1. The number of aromatic nitrogens is 4. The number of amides is 1. The highest BCUT2D eigenvalue weighted by molar-refractivity contribution is 7.98. The molecule has 0 spiro atoms. The first kappa shape index (κ1) is 21.0. The van der Waals surface area contributed by atoms with Crippen molar-refractivity contribution in [1.82, 2.24) is 20.2 Å². The summed E-state index contributed by atoms with van der Waals surface area (Å²) in [5.74, 6) is 0.363. The Morgan fingerprint density at radius 2 is 1.84 bits per heavy atom. The van der Waals surface area contributed by atoms with Gasteiger partial charge in [-0.15, -0.1) is 16.9 Å². The van der Waals surface area contributed by atoms with E-state index in [1.807, 2.05) is 36.4 Å². The zero-order valence-corrected chi connectivity index (χ0v) is 18.0. The Kier molecular flexibility index (Phi) is 6.29. The van der Waals surface area contributed by atoms with Gasteiger partial charge in [-0.1, -0.05) is 23.7 Å². The molecule has 0 bridgehead atoms. The van der Waals surface area contributed by atoms with Crippen LogP contribution >= 0.6 is 23.4 Å². The van der Waals surface area contributed by atoms with E-state index in [0.29, 0.717) is 22.1 Å². The van der Waals surface area contributed by atoms with Gasteiger partial charge in [-0.05, 0) is 77.5 Å². The average Bonchev–Trinajstić information content (AvgIpc) is 3.21. The van der Waals surface area contributed by atoms with E-state index in [2.05, 4.69) is 20.8 Å². The Balaban J connectivity index is 1.43. The molecular weight excluding hydrogens is 437 g/mol. The summed E-state index contributed by atoms with van der Waals surface area (Å²) in [6.07, 6.45) is 0. The van der Waals surface area contributed by atoms with Crippen molar-refractivity contribution in [2.45, 2.75) is 17.6 Å². The number of halogens is 2. The number of rotatable bonds is 6. The fourth-order valence-electron chi connectivity index (χ4n) is 2.86. The van der Waals surface area contributed by atoms with E-state index in [0.717, 1.165) is 16.2 Å². The molecule has 1 amide bonds. The molecule has 0 saturated heterocycles. The Bertz CT molecular complexity index is 1210. The molecule has 0 aliphatic carbocycles. The average molecular weight is 454 g/mol. The summed E-state index contributed by atoms with van der Waals surface area (Å²) in [7, 11) is 0. The predicted molar refractivity (Wildman–Crippen MR) is 119 cm³/mol. The number of benzene rings is 3. The van der Waals surface area contributed by atoms with E-state index in [4.69, 9.17) is 11.6 Å². The van der Waals surface area contributed by atoms with Gasteiger partial charge in [0, 0.05) is 21.2 Å². The van der Waals surface area contributed by atoms with Crippen molar-refractivity contribution in [3.8, 4) is 5.69 Å². The van der Waals surface area contributed by atoms with Crippen LogP contribution in [0.25, 0.3) is 5.69 Å². The third-order valence-electron chi connectivity index (χ3n) is 4.50. The fourth-order valence-corrected chi connectivity index (χ4v) is 3.84. The van der Waals surface area contributed by atoms with Crippen molar-refractivity contribution in [1.29, 1.82) is 0 Å². The van der Waals surface area contributed by atoms with Gasteiger partial charge in [-0.2, -0.15) is 4.68 Å². The van der Waals surface area contributed by atoms with Gasteiger partial charge >= 0.3 is 0 Å². The molecule has 3 aromatic carbocycles. The van der Waals surface area contributed by atoms with Gasteiger partial charge in [0.1, 0.15) is 5.82 Å². The number of aryl methyl sites for hydroxylation is 1. The first-order valence-corrected chi connectivity index (χ1v) is 10.7. The Labute approximate surface area is 187 Å². The maximum atomic E-state index is 14.3. The van der Waals surface area contributed by atoms with Crippen LogP contribution in [0.5, 0.6) is 0 Å². The highest BCUT2D eigenvalue weighted by Crippen LogP contribution is 2.25. The lowest BCUT2D eigenvalue weighted by molar-refractivity contribution is 0.102. The number of nitrogens with zero attached hydrogens (tertiary/aromatic N) is 4. The van der Waals surface area contributed by atoms with Crippen LogP contribution in [-0.4, -0.2) is 26.1 Å². The number of hydrogen-bond donors (Lipinski definition) is 1. The second-order valence-corrected chi connectivity index (χ2v) is 8.18. The molecule has 4 aromatic rings. The minimum absolute atomic E-state index is 0.0553. The van der Waals surface area contributed by atoms with E-state index in [1.165, 1.54) is 16.8 Å². The standard InChI is InChI=1S/C22H17ClFN5OS/c1-14-26-27-28-29(14)18-8-11-20(24)21(12-18)25-22(30)16-4-2-15(3-5-16)13-31-19-9-6-17(23)7-10-19/h2-12H,13H2,1H3,(H,25,30). The maximum absolute atomic E-state index is 14.3. The molecule has 1 aromatic heterocycles. The van der Waals surface area contributed by atoms with Crippen molar-refractivity contribution in [3.63, 3.8) is 0 Å². The van der Waals surface area contributed by atoms with Crippen molar-refractivity contribution in [2.24, 2.45) is 0 Å². The first-order chi connectivity index (χ1) is 15.0. The van der Waals surface area contributed by atoms with Crippen LogP contribution in [0.1, 0.15) is 21.7 Å². The van der Waals surface area contributed by atoms with Gasteiger partial charge in [-0.25, -0.2) is 4.39 Å². The maximum Gasteiger partial charge on any atom is 0.255 e. The first-order valence-electron chi connectivity index (χ1n) is 9.33. The third kappa shape index (κ3) is 5.10. The number of nitrogens with one attached hydrogen (secondary N) is 1. The lowest BCUT2D eigenvalue weighted by Crippen LogP contribution is -2.13. The third-order valence-corrected chi connectivity index (χ3v) is 5.84. The molecule has 156 valence electrons. The number of carbonyl (C=O) groups excluding carboxylic acids is 1. The van der Waals surface area contributed by atoms with E-state index >= 15 is 0 Å². The molecule has 0 fully saturated rings. The van der Waals surface area contributed by atoms with E-state index in [1.54, 1.807) is 36.9 Å². The summed E-state index contributed by atoms with van der Waals surface area (Å²) in [4.78, 5) is 13.7. The molecule has 0 aliphatic heterocycles. The SMILES string of the molecule is Cc1nnnn1-c1ccc(F)c(NC(=O)c2ccc(CSc3ccc(Cl)cc3)cc2)c1. The summed E-state index contributed by atoms with van der Waals surface area (Å²) in [6.45, 7) is 1.73. The molecule has 0 unspecified atom stereocenters. The Morgan fingerprint density at radius 1 is 1.10 bits per heavy atom. The van der Waals surface area contributed by atoms with Crippen LogP contribution in [0.2, 0.25) is 5.02 Å². The molecule has 0 atom stereocenters. The van der Waals surface area contributed by atoms with Crippen LogP contribution in [0.15, 0.2) is 71.6 Å². The van der Waals surface area contributed by atoms with Crippen LogP contribution in [0, 0.1) is 12.7 Å². The summed E-state index contributed by atoms with van der Waals surface area (Å²) >= 11 is 7.58. The lowest BCUT2D eigenvalue weighted by Gasteiger charge is -2.10. The van der Waals surface area contributed by atoms with Gasteiger partial charge in [-0.3, -0.25) is 4.79 Å². The van der Waals surface area contributed by atoms with E-state index in [-0.39, 0.29) is 5.69 Å². The van der Waals surface area contributed by atoms with Crippen LogP contribution in [-0.2, 0) is 5.75 Å². The fraction of sp³-hybridized carbons (Fsp3) is 0.0909. The summed E-state index contributed by atoms with van der Waals surface area (Å²) < 4.78 is 15.7. The zero-order chi connectivity index (χ0) is 21.8. The molecule has 0 saturated carbocycles. The zero-order valence-electron chi connectivity index (χ0n) is 16.4. The van der Waals surface area contributed by atoms with Crippen molar-refractivity contribution in [2.75, 3.05) is 5.32 Å². The summed E-state index contributed by atoms with van der Waals surface area (Å²) in [5, 5.41) is 14.6. The lowest BCUT2D eigenvalue weighted by atomic mass is 10.1. The van der Waals surface area contributed by atoms with Gasteiger partial charge in [0.25, 0.3) is 5.91 Å². The largest absolute Gasteiger partial charge is 0.319 e. The highest BCUT2D eigenvalue weighted by atomic mass is 35.5. The normalized spacial score (nSPS) is 10.8. The number of tetrazole rings is 1. The van der Waals surface area contributed by atoms with Gasteiger partial charge in [0.2, 0.25) is 0 Å². The van der Waals surface area contributed by atoms with Crippen molar-refractivity contribution >= 4 is 35.0 Å². The molecule has 0 radical (unpaired) electrons. The topological polar surface area (TPSA) is 72.7 Å². The number of carbonyl (C=O) groups is 1. The molecule has 31 heavy (non-hydrogen) atoms. The van der Waals surface area contributed by atoms with Crippen LogP contribution in [0.3, 0.4) is 0 Å². The molecule has 9 heteroatoms. The molecular formula is C22H17ClFN5OS. The van der Waals surface area contributed by atoms with Gasteiger partial charge in [0.15, 0.2) is 5.82 Å². The van der Waals surface area contributed by atoms with Crippen molar-refractivity contribution in [3.05, 3.63) is 94.5 Å².